The molecule has 1 saturated carbocycles. The highest BCUT2D eigenvalue weighted by molar-refractivity contribution is 5.25. The summed E-state index contributed by atoms with van der Waals surface area (Å²) >= 11 is 0. The van der Waals surface area contributed by atoms with Crippen molar-refractivity contribution in [3.63, 3.8) is 0 Å². The lowest BCUT2D eigenvalue weighted by Crippen LogP contribution is -2.12. The fourth-order valence-corrected chi connectivity index (χ4v) is 1.51. The molecular formula is C6H10N. The standard InChI is InChI=1S/C6H10N/c1-4-5-2-7-3-6(4)5/h4-5,7H,2-3H2,1H3. The van der Waals surface area contributed by atoms with Crippen molar-refractivity contribution in [3.8, 4) is 0 Å². The summed E-state index contributed by atoms with van der Waals surface area (Å²) in [5.74, 6) is 3.72. The van der Waals surface area contributed by atoms with Gasteiger partial charge < -0.3 is 5.32 Å². The zero-order valence-corrected chi connectivity index (χ0v) is 4.57. The van der Waals surface area contributed by atoms with E-state index in [1.807, 2.05) is 0 Å². The number of nitrogens with one attached hydrogen (secondary N) is 1. The SMILES string of the molecule is CC1[C]2CNCC21. The summed E-state index contributed by atoms with van der Waals surface area (Å²) in [6.07, 6.45) is 0. The minimum absolute atomic E-state index is 0.973. The second-order valence-electron chi connectivity index (χ2n) is 2.60. The van der Waals surface area contributed by atoms with Gasteiger partial charge >= 0.3 is 0 Å². The molecule has 1 N–H and O–H groups in total. The molecule has 2 atom stereocenters. The van der Waals surface area contributed by atoms with E-state index >= 15 is 0 Å². The molecule has 2 fully saturated rings. The van der Waals surface area contributed by atoms with E-state index in [2.05, 4.69) is 12.2 Å². The third-order valence-electron chi connectivity index (χ3n) is 2.25. The van der Waals surface area contributed by atoms with E-state index < -0.39 is 0 Å². The number of hydrogen-bond acceptors (Lipinski definition) is 1. The molecule has 1 heteroatoms. The van der Waals surface area contributed by atoms with Crippen LogP contribution in [0.5, 0.6) is 0 Å². The molecule has 39 valence electrons. The Bertz CT molecular complexity index is 80.2. The van der Waals surface area contributed by atoms with Crippen LogP contribution in [0.15, 0.2) is 0 Å². The molecule has 2 aliphatic rings. The highest BCUT2D eigenvalue weighted by atomic mass is 15.0. The van der Waals surface area contributed by atoms with Gasteiger partial charge in [-0.25, -0.2) is 0 Å². The first kappa shape index (κ1) is 3.90. The van der Waals surface area contributed by atoms with Gasteiger partial charge in [0.15, 0.2) is 0 Å². The summed E-state index contributed by atoms with van der Waals surface area (Å²) in [6.45, 7) is 4.79. The Balaban J connectivity index is 2.06. The zero-order chi connectivity index (χ0) is 4.85. The Morgan fingerprint density at radius 2 is 2.57 bits per heavy atom. The average molecular weight is 96.2 g/mol. The van der Waals surface area contributed by atoms with Gasteiger partial charge in [-0.3, -0.25) is 0 Å². The number of rotatable bonds is 0. The van der Waals surface area contributed by atoms with Gasteiger partial charge in [-0.2, -0.15) is 0 Å². The summed E-state index contributed by atoms with van der Waals surface area (Å²) < 4.78 is 0. The van der Waals surface area contributed by atoms with Crippen LogP contribution in [0.1, 0.15) is 6.92 Å². The average Bonchev–Trinajstić information content (AvgIpc) is 2.26. The van der Waals surface area contributed by atoms with Crippen LogP contribution >= 0.6 is 0 Å². The fraction of sp³-hybridized carbons (Fsp3) is 0.833. The van der Waals surface area contributed by atoms with E-state index in [-0.39, 0.29) is 0 Å². The van der Waals surface area contributed by atoms with Crippen molar-refractivity contribution in [1.82, 2.24) is 5.32 Å². The molecule has 0 amide bonds. The van der Waals surface area contributed by atoms with Crippen LogP contribution in [0.4, 0.5) is 0 Å². The van der Waals surface area contributed by atoms with Gasteiger partial charge in [-0.05, 0) is 24.3 Å². The molecule has 0 aromatic heterocycles. The molecule has 1 aliphatic heterocycles. The Morgan fingerprint density at radius 1 is 1.71 bits per heavy atom. The Kier molecular flexibility index (Phi) is 0.571. The van der Waals surface area contributed by atoms with E-state index in [0.29, 0.717) is 0 Å². The van der Waals surface area contributed by atoms with Crippen molar-refractivity contribution in [2.75, 3.05) is 13.1 Å². The summed E-state index contributed by atoms with van der Waals surface area (Å²) in [6, 6.07) is 0. The molecule has 1 heterocycles. The molecule has 2 rings (SSSR count). The van der Waals surface area contributed by atoms with Gasteiger partial charge in [-0.15, -0.1) is 0 Å². The molecule has 0 bridgehead atoms. The fourth-order valence-electron chi connectivity index (χ4n) is 1.51. The maximum atomic E-state index is 3.32. The summed E-state index contributed by atoms with van der Waals surface area (Å²) in [7, 11) is 0. The maximum Gasteiger partial charge on any atom is 0.00199 e. The molecule has 0 spiro atoms. The molecule has 1 nitrogen and oxygen atoms in total. The molecule has 2 unspecified atom stereocenters. The zero-order valence-electron chi connectivity index (χ0n) is 4.57. The lowest BCUT2D eigenvalue weighted by molar-refractivity contribution is 0.664. The largest absolute Gasteiger partial charge is 0.316 e. The highest BCUT2D eigenvalue weighted by Crippen LogP contribution is 2.49. The molecule has 1 radical (unpaired) electrons. The van der Waals surface area contributed by atoms with Crippen LogP contribution in [0.2, 0.25) is 0 Å². The summed E-state index contributed by atoms with van der Waals surface area (Å²) in [4.78, 5) is 0. The summed E-state index contributed by atoms with van der Waals surface area (Å²) in [5, 5.41) is 3.32. The minimum atomic E-state index is 0.973. The van der Waals surface area contributed by atoms with Crippen molar-refractivity contribution >= 4 is 0 Å². The topological polar surface area (TPSA) is 12.0 Å². The molecule has 0 aromatic carbocycles. The van der Waals surface area contributed by atoms with Gasteiger partial charge in [0.1, 0.15) is 0 Å². The smallest absolute Gasteiger partial charge is 0.00199 e. The number of piperidine rings is 1. The van der Waals surface area contributed by atoms with E-state index in [0.717, 1.165) is 11.8 Å². The third-order valence-corrected chi connectivity index (χ3v) is 2.25. The first-order valence-corrected chi connectivity index (χ1v) is 2.96. The normalized spacial score (nSPS) is 49.3. The van der Waals surface area contributed by atoms with Crippen LogP contribution in [0, 0.1) is 17.8 Å². The second kappa shape index (κ2) is 1.03. The molecule has 7 heavy (non-hydrogen) atoms. The number of fused-ring (bicyclic) bond motifs is 1. The highest BCUT2D eigenvalue weighted by Gasteiger charge is 2.49. The summed E-state index contributed by atoms with van der Waals surface area (Å²) in [5.41, 5.74) is 0. The van der Waals surface area contributed by atoms with Crippen LogP contribution < -0.4 is 5.32 Å². The minimum Gasteiger partial charge on any atom is -0.316 e. The molecule has 1 saturated heterocycles. The Morgan fingerprint density at radius 3 is 2.86 bits per heavy atom. The van der Waals surface area contributed by atoms with Crippen LogP contribution in [-0.2, 0) is 0 Å². The van der Waals surface area contributed by atoms with Crippen LogP contribution in [0.3, 0.4) is 0 Å². The van der Waals surface area contributed by atoms with Crippen molar-refractivity contribution in [2.24, 2.45) is 11.8 Å². The maximum absolute atomic E-state index is 3.32. The van der Waals surface area contributed by atoms with Crippen LogP contribution in [-0.4, -0.2) is 13.1 Å². The predicted octanol–water partition coefficient (Wildman–Crippen LogP) is 0.430. The Hall–Kier alpha value is -0.0400. The van der Waals surface area contributed by atoms with Crippen molar-refractivity contribution in [1.29, 1.82) is 0 Å². The molecule has 0 aromatic rings. The monoisotopic (exact) mass is 96.1 g/mol. The van der Waals surface area contributed by atoms with E-state index in [1.54, 1.807) is 5.92 Å². The first-order valence-electron chi connectivity index (χ1n) is 2.96. The van der Waals surface area contributed by atoms with Gasteiger partial charge in [0.2, 0.25) is 0 Å². The van der Waals surface area contributed by atoms with E-state index in [9.17, 15) is 0 Å². The molecule has 1 aliphatic carbocycles. The van der Waals surface area contributed by atoms with Crippen molar-refractivity contribution in [2.45, 2.75) is 6.92 Å². The molecular weight excluding hydrogens is 86.1 g/mol. The predicted molar refractivity (Wildman–Crippen MR) is 28.8 cm³/mol. The van der Waals surface area contributed by atoms with Gasteiger partial charge in [0.25, 0.3) is 0 Å². The van der Waals surface area contributed by atoms with E-state index in [4.69, 9.17) is 0 Å². The number of hydrogen-bond donors (Lipinski definition) is 1. The van der Waals surface area contributed by atoms with Gasteiger partial charge in [0, 0.05) is 6.54 Å². The first-order chi connectivity index (χ1) is 3.39. The van der Waals surface area contributed by atoms with Crippen molar-refractivity contribution < 1.29 is 0 Å². The third kappa shape index (κ3) is 0.367. The Labute approximate surface area is 44.1 Å². The van der Waals surface area contributed by atoms with Crippen molar-refractivity contribution in [3.05, 3.63) is 5.92 Å². The van der Waals surface area contributed by atoms with E-state index in [1.165, 1.54) is 13.1 Å². The van der Waals surface area contributed by atoms with Crippen LogP contribution in [0.25, 0.3) is 0 Å². The van der Waals surface area contributed by atoms with Gasteiger partial charge in [0.05, 0.1) is 0 Å². The quantitative estimate of drug-likeness (QED) is 0.461. The lowest BCUT2D eigenvalue weighted by Gasteiger charge is -1.93. The van der Waals surface area contributed by atoms with Gasteiger partial charge in [-0.1, -0.05) is 6.92 Å². The lowest BCUT2D eigenvalue weighted by atomic mass is 10.3. The second-order valence-corrected chi connectivity index (χ2v) is 2.60.